The zero-order valence-electron chi connectivity index (χ0n) is 16.5. The van der Waals surface area contributed by atoms with Crippen LogP contribution in [-0.4, -0.2) is 24.9 Å². The first kappa shape index (κ1) is 24.1. The number of aromatic nitrogens is 4. The quantitative estimate of drug-likeness (QED) is 0.251. The zero-order chi connectivity index (χ0) is 21.6. The second-order valence-corrected chi connectivity index (χ2v) is 6.34. The van der Waals surface area contributed by atoms with Crippen LogP contribution in [0.5, 0.6) is 0 Å². The van der Waals surface area contributed by atoms with Crippen molar-refractivity contribution in [2.24, 2.45) is 0 Å². The third-order valence-corrected chi connectivity index (χ3v) is 3.98. The maximum absolute atomic E-state index is 13.8. The van der Waals surface area contributed by atoms with Crippen molar-refractivity contribution in [1.29, 1.82) is 0 Å². The second-order valence-electron chi connectivity index (χ2n) is 6.34. The largest absolute Gasteiger partial charge is 0.506 e. The van der Waals surface area contributed by atoms with Gasteiger partial charge < -0.3 is 9.67 Å². The number of benzene rings is 2. The molecule has 5 nitrogen and oxygen atoms in total. The number of aliphatic hydroxyl groups is 1. The first-order chi connectivity index (χ1) is 14.4. The van der Waals surface area contributed by atoms with Crippen LogP contribution in [0.4, 0.5) is 8.78 Å². The van der Waals surface area contributed by atoms with Gasteiger partial charge in [-0.3, -0.25) is 4.98 Å². The Bertz CT molecular complexity index is 1100. The van der Waals surface area contributed by atoms with Crippen molar-refractivity contribution in [3.05, 3.63) is 103 Å². The fourth-order valence-electron chi connectivity index (χ4n) is 2.63. The number of pyridine rings is 1. The summed E-state index contributed by atoms with van der Waals surface area (Å²) in [4.78, 5) is 3.83. The Morgan fingerprint density at radius 1 is 1.00 bits per heavy atom. The van der Waals surface area contributed by atoms with Crippen LogP contribution in [0.2, 0.25) is 0 Å². The molecule has 1 radical (unpaired) electrons. The fraction of sp³-hybridized carbons (Fsp3) is 0.0870. The molecule has 0 unspecified atom stereocenters. The Labute approximate surface area is 192 Å². The van der Waals surface area contributed by atoms with Gasteiger partial charge in [0, 0.05) is 38.9 Å². The molecule has 2 aromatic heterocycles. The molecule has 2 aromatic carbocycles. The van der Waals surface area contributed by atoms with E-state index in [9.17, 15) is 8.78 Å². The molecule has 4 aromatic rings. The smallest absolute Gasteiger partial charge is 0.303 e. The van der Waals surface area contributed by atoms with E-state index in [1.165, 1.54) is 4.57 Å². The second kappa shape index (κ2) is 10.7. The standard InChI is InChI=1S/C16H12F2N3.C7H7NO.Ir/c1-16(17,18)15-20-19-14(12-8-4-2-5-9-12)21(15)13-10-6-3-7-11-13;1-6(9)7-4-2-3-5-8-7;/h2-8,10-11H,1H3;2-5,9H,1H2;/q-1;;. The summed E-state index contributed by atoms with van der Waals surface area (Å²) < 4.78 is 29.0. The van der Waals surface area contributed by atoms with Crippen molar-refractivity contribution in [3.63, 3.8) is 0 Å². The number of nitrogens with zero attached hydrogens (tertiary/aromatic N) is 4. The normalized spacial score (nSPS) is 10.4. The van der Waals surface area contributed by atoms with Gasteiger partial charge in [-0.15, -0.1) is 41.0 Å². The molecule has 0 spiro atoms. The molecule has 2 heterocycles. The Balaban J connectivity index is 0.000000289. The van der Waals surface area contributed by atoms with Gasteiger partial charge in [-0.05, 0) is 24.3 Å². The van der Waals surface area contributed by atoms with Gasteiger partial charge in [0.25, 0.3) is 0 Å². The molecule has 0 aliphatic heterocycles. The van der Waals surface area contributed by atoms with E-state index in [0.717, 1.165) is 6.92 Å². The van der Waals surface area contributed by atoms with Crippen LogP contribution < -0.4 is 0 Å². The van der Waals surface area contributed by atoms with Gasteiger partial charge in [-0.2, -0.15) is 13.9 Å². The maximum atomic E-state index is 13.8. The summed E-state index contributed by atoms with van der Waals surface area (Å²) in [6.45, 7) is 4.13. The minimum Gasteiger partial charge on any atom is -0.506 e. The summed E-state index contributed by atoms with van der Waals surface area (Å²) in [5, 5.41) is 16.4. The first-order valence-corrected chi connectivity index (χ1v) is 9.03. The molecular weight excluding hydrogens is 578 g/mol. The average Bonchev–Trinajstić information content (AvgIpc) is 3.22. The molecule has 0 amide bonds. The van der Waals surface area contributed by atoms with E-state index >= 15 is 0 Å². The Kier molecular flexibility index (Phi) is 8.30. The summed E-state index contributed by atoms with van der Waals surface area (Å²) >= 11 is 0. The molecule has 0 aliphatic carbocycles. The van der Waals surface area contributed by atoms with E-state index in [1.54, 1.807) is 66.9 Å². The van der Waals surface area contributed by atoms with Crippen molar-refractivity contribution in [2.45, 2.75) is 12.8 Å². The number of rotatable bonds is 4. The van der Waals surface area contributed by atoms with Crippen molar-refractivity contribution in [1.82, 2.24) is 19.7 Å². The minimum absolute atomic E-state index is 0. The van der Waals surface area contributed by atoms with E-state index in [2.05, 4.69) is 27.8 Å². The number of aliphatic hydroxyl groups excluding tert-OH is 1. The van der Waals surface area contributed by atoms with Gasteiger partial charge in [-0.25, -0.2) is 0 Å². The van der Waals surface area contributed by atoms with Crippen LogP contribution in [0.15, 0.2) is 85.6 Å². The van der Waals surface area contributed by atoms with Gasteiger partial charge in [0.2, 0.25) is 0 Å². The molecule has 31 heavy (non-hydrogen) atoms. The first-order valence-electron chi connectivity index (χ1n) is 9.03. The topological polar surface area (TPSA) is 63.8 Å². The van der Waals surface area contributed by atoms with Gasteiger partial charge in [0.1, 0.15) is 11.5 Å². The molecule has 0 aliphatic rings. The number of halogens is 2. The molecule has 0 fully saturated rings. The van der Waals surface area contributed by atoms with Crippen molar-refractivity contribution in [2.75, 3.05) is 0 Å². The summed E-state index contributed by atoms with van der Waals surface area (Å²) in [5.41, 5.74) is 1.73. The van der Waals surface area contributed by atoms with Crippen LogP contribution in [0.25, 0.3) is 22.8 Å². The number of para-hydroxylation sites is 1. The van der Waals surface area contributed by atoms with Gasteiger partial charge >= 0.3 is 5.92 Å². The maximum Gasteiger partial charge on any atom is 0.303 e. The van der Waals surface area contributed by atoms with E-state index in [-0.39, 0.29) is 31.7 Å². The van der Waals surface area contributed by atoms with E-state index in [0.29, 0.717) is 22.8 Å². The Hall–Kier alpha value is -3.22. The molecule has 0 saturated carbocycles. The molecule has 161 valence electrons. The number of hydrogen-bond donors (Lipinski definition) is 1. The van der Waals surface area contributed by atoms with E-state index in [1.807, 2.05) is 12.1 Å². The van der Waals surface area contributed by atoms with Crippen molar-refractivity contribution < 1.29 is 34.0 Å². The molecule has 0 atom stereocenters. The molecular formula is C23H19F2IrN4O-. The van der Waals surface area contributed by atoms with Gasteiger partial charge in [0.05, 0.1) is 5.82 Å². The Morgan fingerprint density at radius 2 is 1.68 bits per heavy atom. The molecule has 4 rings (SSSR count). The number of alkyl halides is 2. The average molecular weight is 598 g/mol. The van der Waals surface area contributed by atoms with Gasteiger partial charge in [-0.1, -0.05) is 30.8 Å². The molecule has 8 heteroatoms. The van der Waals surface area contributed by atoms with Crippen LogP contribution in [0.3, 0.4) is 0 Å². The van der Waals surface area contributed by atoms with Crippen LogP contribution in [0, 0.1) is 6.07 Å². The van der Waals surface area contributed by atoms with Gasteiger partial charge in [0.15, 0.2) is 5.82 Å². The number of hydrogen-bond acceptors (Lipinski definition) is 4. The monoisotopic (exact) mass is 598 g/mol. The van der Waals surface area contributed by atoms with Crippen LogP contribution >= 0.6 is 0 Å². The molecule has 1 N–H and O–H groups in total. The predicted octanol–water partition coefficient (Wildman–Crippen LogP) is 5.45. The summed E-state index contributed by atoms with van der Waals surface area (Å²) in [7, 11) is 0. The fourth-order valence-corrected chi connectivity index (χ4v) is 2.63. The molecule has 0 saturated heterocycles. The van der Waals surface area contributed by atoms with Crippen LogP contribution in [-0.2, 0) is 26.0 Å². The third kappa shape index (κ3) is 6.13. The predicted molar refractivity (Wildman–Crippen MR) is 111 cm³/mol. The van der Waals surface area contributed by atoms with Crippen molar-refractivity contribution >= 4 is 5.76 Å². The summed E-state index contributed by atoms with van der Waals surface area (Å²) in [6, 6.07) is 24.2. The minimum atomic E-state index is -3.09. The van der Waals surface area contributed by atoms with Crippen LogP contribution in [0.1, 0.15) is 18.4 Å². The third-order valence-electron chi connectivity index (χ3n) is 3.98. The summed E-state index contributed by atoms with van der Waals surface area (Å²) in [6.07, 6.45) is 1.61. The zero-order valence-corrected chi connectivity index (χ0v) is 18.9. The Morgan fingerprint density at radius 3 is 2.19 bits per heavy atom. The van der Waals surface area contributed by atoms with E-state index in [4.69, 9.17) is 5.11 Å². The van der Waals surface area contributed by atoms with Crippen molar-refractivity contribution in [3.8, 4) is 17.1 Å². The molecule has 0 bridgehead atoms. The summed E-state index contributed by atoms with van der Waals surface area (Å²) in [5.74, 6) is -3.12. The SMILES string of the molecule is C=C(O)c1ccccn1.CC(F)(F)c1nnc(-c2[c-]cccc2)n1-c1ccccc1.[Ir]. The van der Waals surface area contributed by atoms with E-state index < -0.39 is 5.92 Å².